The van der Waals surface area contributed by atoms with E-state index in [2.05, 4.69) is 17.5 Å². The molecule has 1 rings (SSSR count). The van der Waals surface area contributed by atoms with Crippen LogP contribution < -0.4 is 11.1 Å². The van der Waals surface area contributed by atoms with Gasteiger partial charge in [-0.15, -0.1) is 0 Å². The van der Waals surface area contributed by atoms with E-state index in [1.807, 2.05) is 0 Å². The Bertz CT molecular complexity index is 187. The molecule has 0 aromatic rings. The van der Waals surface area contributed by atoms with Crippen LogP contribution in [0.5, 0.6) is 0 Å². The minimum atomic E-state index is -0.0330. The molecule has 1 saturated carbocycles. The molecule has 0 heterocycles. The van der Waals surface area contributed by atoms with Gasteiger partial charge < -0.3 is 11.1 Å². The second kappa shape index (κ2) is 4.40. The third-order valence-electron chi connectivity index (χ3n) is 2.06. The average molecular weight is 186 g/mol. The van der Waals surface area contributed by atoms with Crippen molar-refractivity contribution in [2.24, 2.45) is 5.73 Å². The lowest BCUT2D eigenvalue weighted by atomic mass is 10.2. The molecule has 1 aliphatic rings. The molecular weight excluding hydrogens is 172 g/mol. The van der Waals surface area contributed by atoms with Gasteiger partial charge in [0.25, 0.3) is 0 Å². The molecule has 1 amide bonds. The Labute approximate surface area is 77.7 Å². The van der Waals surface area contributed by atoms with Crippen LogP contribution in [0.4, 0.5) is 0 Å². The molecule has 68 valence electrons. The van der Waals surface area contributed by atoms with E-state index >= 15 is 0 Å². The summed E-state index contributed by atoms with van der Waals surface area (Å²) in [5, 5.41) is 2.90. The van der Waals surface area contributed by atoms with Gasteiger partial charge in [0.05, 0.1) is 11.4 Å². The molecule has 1 aliphatic carbocycles. The first-order valence-electron chi connectivity index (χ1n) is 4.26. The highest BCUT2D eigenvalue weighted by Crippen LogP contribution is 2.17. The third kappa shape index (κ3) is 3.17. The fourth-order valence-corrected chi connectivity index (χ4v) is 1.64. The number of thiocarbonyl (C=S) groups is 1. The Morgan fingerprint density at radius 2 is 2.08 bits per heavy atom. The highest BCUT2D eigenvalue weighted by Gasteiger charge is 2.16. The van der Waals surface area contributed by atoms with Gasteiger partial charge in [-0.05, 0) is 12.8 Å². The maximum atomic E-state index is 11.1. The molecule has 0 saturated heterocycles. The second-order valence-electron chi connectivity index (χ2n) is 3.19. The summed E-state index contributed by atoms with van der Waals surface area (Å²) in [6, 6.07) is 0.367. The van der Waals surface area contributed by atoms with E-state index in [1.54, 1.807) is 0 Å². The minimum Gasteiger partial charge on any atom is -0.393 e. The van der Waals surface area contributed by atoms with Gasteiger partial charge in [-0.2, -0.15) is 0 Å². The zero-order valence-electron chi connectivity index (χ0n) is 7.01. The standard InChI is InChI=1S/C8H14N2OS/c9-7(12)5-8(11)10-6-3-1-2-4-6/h6H,1-5H2,(H2,9,12)(H,10,11). The van der Waals surface area contributed by atoms with Gasteiger partial charge in [-0.3, -0.25) is 4.79 Å². The quantitative estimate of drug-likeness (QED) is 0.639. The highest BCUT2D eigenvalue weighted by atomic mass is 32.1. The van der Waals surface area contributed by atoms with Crippen molar-refractivity contribution in [2.75, 3.05) is 0 Å². The van der Waals surface area contributed by atoms with Crippen molar-refractivity contribution in [3.63, 3.8) is 0 Å². The number of nitrogens with one attached hydrogen (secondary N) is 1. The number of hydrogen-bond acceptors (Lipinski definition) is 2. The van der Waals surface area contributed by atoms with E-state index in [-0.39, 0.29) is 17.3 Å². The zero-order chi connectivity index (χ0) is 8.97. The topological polar surface area (TPSA) is 55.1 Å². The third-order valence-corrected chi connectivity index (χ3v) is 2.20. The monoisotopic (exact) mass is 186 g/mol. The molecule has 0 aromatic heterocycles. The van der Waals surface area contributed by atoms with Crippen LogP contribution in [0.1, 0.15) is 32.1 Å². The van der Waals surface area contributed by atoms with Crippen molar-refractivity contribution >= 4 is 23.1 Å². The van der Waals surface area contributed by atoms with E-state index in [1.165, 1.54) is 12.8 Å². The molecule has 0 unspecified atom stereocenters. The minimum absolute atomic E-state index is 0.0330. The highest BCUT2D eigenvalue weighted by molar-refractivity contribution is 7.80. The van der Waals surface area contributed by atoms with Crippen molar-refractivity contribution in [2.45, 2.75) is 38.1 Å². The van der Waals surface area contributed by atoms with Gasteiger partial charge in [0, 0.05) is 6.04 Å². The predicted octanol–water partition coefficient (Wildman–Crippen LogP) is 0.721. The van der Waals surface area contributed by atoms with Crippen LogP contribution in [0, 0.1) is 0 Å². The van der Waals surface area contributed by atoms with Gasteiger partial charge >= 0.3 is 0 Å². The summed E-state index contributed by atoms with van der Waals surface area (Å²) in [5.41, 5.74) is 5.24. The zero-order valence-corrected chi connectivity index (χ0v) is 7.82. The number of carbonyl (C=O) groups excluding carboxylic acids is 1. The van der Waals surface area contributed by atoms with Crippen LogP contribution in [0.3, 0.4) is 0 Å². The van der Waals surface area contributed by atoms with E-state index in [0.29, 0.717) is 6.04 Å². The van der Waals surface area contributed by atoms with Crippen molar-refractivity contribution in [3.8, 4) is 0 Å². The SMILES string of the molecule is NC(=S)CC(=O)NC1CCCC1. The summed E-state index contributed by atoms with van der Waals surface area (Å²) in [6.45, 7) is 0. The van der Waals surface area contributed by atoms with Crippen LogP contribution >= 0.6 is 12.2 Å². The summed E-state index contributed by atoms with van der Waals surface area (Å²) in [6.07, 6.45) is 4.83. The van der Waals surface area contributed by atoms with Crippen molar-refractivity contribution in [1.29, 1.82) is 0 Å². The summed E-state index contributed by atoms with van der Waals surface area (Å²) in [7, 11) is 0. The lowest BCUT2D eigenvalue weighted by molar-refractivity contribution is -0.120. The number of hydrogen-bond donors (Lipinski definition) is 2. The van der Waals surface area contributed by atoms with E-state index in [4.69, 9.17) is 5.73 Å². The van der Waals surface area contributed by atoms with Crippen molar-refractivity contribution < 1.29 is 4.79 Å². The lowest BCUT2D eigenvalue weighted by Gasteiger charge is -2.10. The number of carbonyl (C=O) groups is 1. The summed E-state index contributed by atoms with van der Waals surface area (Å²) in [4.78, 5) is 11.4. The van der Waals surface area contributed by atoms with Crippen molar-refractivity contribution in [1.82, 2.24) is 5.32 Å². The molecular formula is C8H14N2OS. The maximum Gasteiger partial charge on any atom is 0.227 e. The fraction of sp³-hybridized carbons (Fsp3) is 0.750. The largest absolute Gasteiger partial charge is 0.393 e. The summed E-state index contributed by atoms with van der Waals surface area (Å²) < 4.78 is 0. The predicted molar refractivity (Wildman–Crippen MR) is 51.8 cm³/mol. The molecule has 3 nitrogen and oxygen atoms in total. The van der Waals surface area contributed by atoms with Crippen LogP contribution in [0.25, 0.3) is 0 Å². The average Bonchev–Trinajstić information content (AvgIpc) is 2.37. The first kappa shape index (κ1) is 9.45. The Kier molecular flexibility index (Phi) is 3.47. The normalized spacial score (nSPS) is 17.7. The molecule has 0 spiro atoms. The van der Waals surface area contributed by atoms with Crippen LogP contribution in [0.15, 0.2) is 0 Å². The first-order valence-corrected chi connectivity index (χ1v) is 4.67. The fourth-order valence-electron chi connectivity index (χ4n) is 1.51. The molecule has 0 aliphatic heterocycles. The Morgan fingerprint density at radius 1 is 1.50 bits per heavy atom. The van der Waals surface area contributed by atoms with Gasteiger partial charge in [-0.25, -0.2) is 0 Å². The number of amides is 1. The summed E-state index contributed by atoms with van der Waals surface area (Å²) in [5.74, 6) is -0.0330. The van der Waals surface area contributed by atoms with E-state index in [0.717, 1.165) is 12.8 Å². The smallest absolute Gasteiger partial charge is 0.227 e. The van der Waals surface area contributed by atoms with Gasteiger partial charge in [0.1, 0.15) is 0 Å². The number of rotatable bonds is 3. The number of nitrogens with two attached hydrogens (primary N) is 1. The van der Waals surface area contributed by atoms with Crippen LogP contribution in [-0.4, -0.2) is 16.9 Å². The molecule has 0 bridgehead atoms. The molecule has 0 atom stereocenters. The van der Waals surface area contributed by atoms with E-state index < -0.39 is 0 Å². The molecule has 12 heavy (non-hydrogen) atoms. The van der Waals surface area contributed by atoms with Crippen LogP contribution in [-0.2, 0) is 4.79 Å². The van der Waals surface area contributed by atoms with Crippen molar-refractivity contribution in [3.05, 3.63) is 0 Å². The molecule has 0 radical (unpaired) electrons. The Hall–Kier alpha value is -0.640. The van der Waals surface area contributed by atoms with Crippen LogP contribution in [0.2, 0.25) is 0 Å². The van der Waals surface area contributed by atoms with Gasteiger partial charge in [0.2, 0.25) is 5.91 Å². The molecule has 4 heteroatoms. The molecule has 3 N–H and O–H groups in total. The van der Waals surface area contributed by atoms with Gasteiger partial charge in [0.15, 0.2) is 0 Å². The lowest BCUT2D eigenvalue weighted by Crippen LogP contribution is -2.34. The Morgan fingerprint density at radius 3 is 2.58 bits per heavy atom. The maximum absolute atomic E-state index is 11.1. The summed E-state index contributed by atoms with van der Waals surface area (Å²) >= 11 is 4.63. The van der Waals surface area contributed by atoms with E-state index in [9.17, 15) is 4.79 Å². The molecule has 1 fully saturated rings. The second-order valence-corrected chi connectivity index (χ2v) is 3.72. The van der Waals surface area contributed by atoms with Gasteiger partial charge in [-0.1, -0.05) is 25.1 Å². The Balaban J connectivity index is 2.20. The first-order chi connectivity index (χ1) is 5.68. The molecule has 0 aromatic carbocycles.